The van der Waals surface area contributed by atoms with Crippen LogP contribution in [0.5, 0.6) is 0 Å². The van der Waals surface area contributed by atoms with Gasteiger partial charge in [0.1, 0.15) is 0 Å². The minimum Gasteiger partial charge on any atom is -0.325 e. The van der Waals surface area contributed by atoms with Crippen molar-refractivity contribution < 1.29 is 26.4 Å². The van der Waals surface area contributed by atoms with Crippen molar-refractivity contribution in [3.63, 3.8) is 0 Å². The molecule has 0 aliphatic carbocycles. The number of rotatable bonds is 5. The molecule has 2 N–H and O–H groups in total. The Morgan fingerprint density at radius 1 is 1.04 bits per heavy atom. The first-order chi connectivity index (χ1) is 13.1. The van der Waals surface area contributed by atoms with Gasteiger partial charge in [0.15, 0.2) is 0 Å². The highest BCUT2D eigenvalue weighted by Crippen LogP contribution is 2.30. The van der Waals surface area contributed by atoms with E-state index in [4.69, 9.17) is 0 Å². The Bertz CT molecular complexity index is 1130. The smallest absolute Gasteiger partial charge is 0.325 e. The molecule has 3 rings (SSSR count). The van der Waals surface area contributed by atoms with Gasteiger partial charge in [-0.25, -0.2) is 13.1 Å². The van der Waals surface area contributed by atoms with Crippen molar-refractivity contribution in [2.45, 2.75) is 11.1 Å². The van der Waals surface area contributed by atoms with Crippen LogP contribution in [0.15, 0.2) is 65.7 Å². The first kappa shape index (κ1) is 19.8. The summed E-state index contributed by atoms with van der Waals surface area (Å²) in [5, 5.41) is 3.30. The number of sulfonamides is 1. The standard InChI is InChI=1S/C18H14F3N3O3S/c19-18(20,21)13-4-1-5-15(10-13)28(26,27)23-11-17(25)24-14-6-7-16-12(9-14)3-2-8-22-16/h1-10,23H,11H2,(H,24,25). The molecule has 0 saturated carbocycles. The van der Waals surface area contributed by atoms with Gasteiger partial charge in [-0.3, -0.25) is 9.78 Å². The fraction of sp³-hybridized carbons (Fsp3) is 0.111. The summed E-state index contributed by atoms with van der Waals surface area (Å²) in [6.45, 7) is -0.635. The lowest BCUT2D eigenvalue weighted by atomic mass is 10.2. The molecular formula is C18H14F3N3O3S. The van der Waals surface area contributed by atoms with E-state index in [1.165, 1.54) is 0 Å². The van der Waals surface area contributed by atoms with Crippen molar-refractivity contribution in [2.75, 3.05) is 11.9 Å². The number of hydrogen-bond acceptors (Lipinski definition) is 4. The minimum absolute atomic E-state index is 0.434. The lowest BCUT2D eigenvalue weighted by molar-refractivity contribution is -0.137. The molecule has 0 unspecified atom stereocenters. The van der Waals surface area contributed by atoms with E-state index in [9.17, 15) is 26.4 Å². The number of halogens is 3. The Morgan fingerprint density at radius 2 is 1.82 bits per heavy atom. The van der Waals surface area contributed by atoms with E-state index in [1.807, 2.05) is 4.72 Å². The van der Waals surface area contributed by atoms with Crippen LogP contribution in [0.1, 0.15) is 5.56 Å². The lowest BCUT2D eigenvalue weighted by Gasteiger charge is -2.11. The number of pyridine rings is 1. The third kappa shape index (κ3) is 4.65. The molecule has 0 radical (unpaired) electrons. The number of fused-ring (bicyclic) bond motifs is 1. The van der Waals surface area contributed by atoms with Crippen molar-refractivity contribution in [3.05, 3.63) is 66.4 Å². The van der Waals surface area contributed by atoms with E-state index < -0.39 is 39.1 Å². The lowest BCUT2D eigenvalue weighted by Crippen LogP contribution is -2.33. The van der Waals surface area contributed by atoms with E-state index in [2.05, 4.69) is 10.3 Å². The molecule has 0 aliphatic rings. The van der Waals surface area contributed by atoms with Gasteiger partial charge in [-0.2, -0.15) is 13.2 Å². The van der Waals surface area contributed by atoms with E-state index in [1.54, 1.807) is 36.5 Å². The molecule has 28 heavy (non-hydrogen) atoms. The largest absolute Gasteiger partial charge is 0.416 e. The fourth-order valence-electron chi connectivity index (χ4n) is 2.44. The summed E-state index contributed by atoms with van der Waals surface area (Å²) < 4.78 is 64.6. The summed E-state index contributed by atoms with van der Waals surface area (Å²) in [6, 6.07) is 11.8. The van der Waals surface area contributed by atoms with Gasteiger partial charge in [0.25, 0.3) is 0 Å². The number of carbonyl (C=O) groups excluding carboxylic acids is 1. The SMILES string of the molecule is O=C(CNS(=O)(=O)c1cccc(C(F)(F)F)c1)Nc1ccc2ncccc2c1. The first-order valence-corrected chi connectivity index (χ1v) is 9.45. The monoisotopic (exact) mass is 409 g/mol. The van der Waals surface area contributed by atoms with Crippen LogP contribution in [0.2, 0.25) is 0 Å². The third-order valence-corrected chi connectivity index (χ3v) is 5.18. The highest BCUT2D eigenvalue weighted by molar-refractivity contribution is 7.89. The van der Waals surface area contributed by atoms with Gasteiger partial charge >= 0.3 is 6.18 Å². The maximum Gasteiger partial charge on any atom is 0.416 e. The molecule has 146 valence electrons. The molecule has 2 aromatic carbocycles. The molecule has 3 aromatic rings. The predicted octanol–water partition coefficient (Wildman–Crippen LogP) is 3.17. The molecule has 1 aromatic heterocycles. The zero-order chi connectivity index (χ0) is 20.4. The van der Waals surface area contributed by atoms with Crippen LogP contribution in [0, 0.1) is 0 Å². The van der Waals surface area contributed by atoms with Crippen LogP contribution >= 0.6 is 0 Å². The van der Waals surface area contributed by atoms with Crippen LogP contribution in [-0.2, 0) is 21.0 Å². The molecule has 10 heteroatoms. The number of benzene rings is 2. The molecule has 0 atom stereocenters. The fourth-order valence-corrected chi connectivity index (χ4v) is 3.47. The van der Waals surface area contributed by atoms with Crippen molar-refractivity contribution in [2.24, 2.45) is 0 Å². The van der Waals surface area contributed by atoms with Crippen LogP contribution < -0.4 is 10.0 Å². The molecule has 6 nitrogen and oxygen atoms in total. The molecule has 1 heterocycles. The molecule has 0 bridgehead atoms. The van der Waals surface area contributed by atoms with Crippen LogP contribution in [0.4, 0.5) is 18.9 Å². The van der Waals surface area contributed by atoms with Gasteiger partial charge in [0.2, 0.25) is 15.9 Å². The number of nitrogens with zero attached hydrogens (tertiary/aromatic N) is 1. The van der Waals surface area contributed by atoms with Crippen molar-refractivity contribution >= 4 is 32.5 Å². The Labute approximate surface area is 158 Å². The number of anilines is 1. The summed E-state index contributed by atoms with van der Waals surface area (Å²) in [5.41, 5.74) is 0.0686. The van der Waals surface area contributed by atoms with E-state index in [0.717, 1.165) is 29.1 Å². The average Bonchev–Trinajstić information content (AvgIpc) is 2.66. The second-order valence-corrected chi connectivity index (χ2v) is 7.58. The van der Waals surface area contributed by atoms with Gasteiger partial charge in [0.05, 0.1) is 22.5 Å². The molecular weight excluding hydrogens is 395 g/mol. The number of carbonyl (C=O) groups is 1. The summed E-state index contributed by atoms with van der Waals surface area (Å²) >= 11 is 0. The van der Waals surface area contributed by atoms with Crippen molar-refractivity contribution in [1.82, 2.24) is 9.71 Å². The van der Waals surface area contributed by atoms with E-state index in [-0.39, 0.29) is 0 Å². The van der Waals surface area contributed by atoms with Crippen LogP contribution in [0.3, 0.4) is 0 Å². The first-order valence-electron chi connectivity index (χ1n) is 7.97. The highest BCUT2D eigenvalue weighted by Gasteiger charge is 2.31. The summed E-state index contributed by atoms with van der Waals surface area (Å²) in [7, 11) is -4.29. The number of aromatic nitrogens is 1. The molecule has 0 saturated heterocycles. The van der Waals surface area contributed by atoms with Crippen molar-refractivity contribution in [1.29, 1.82) is 0 Å². The predicted molar refractivity (Wildman–Crippen MR) is 97.0 cm³/mol. The average molecular weight is 409 g/mol. The van der Waals surface area contributed by atoms with Crippen LogP contribution in [-0.4, -0.2) is 25.9 Å². The zero-order valence-corrected chi connectivity index (χ0v) is 15.0. The maximum atomic E-state index is 12.7. The second kappa shape index (κ2) is 7.56. The zero-order valence-electron chi connectivity index (χ0n) is 14.2. The Balaban J connectivity index is 1.67. The number of alkyl halides is 3. The van der Waals surface area contributed by atoms with E-state index >= 15 is 0 Å². The maximum absolute atomic E-state index is 12.7. The normalized spacial score (nSPS) is 12.1. The Morgan fingerprint density at radius 3 is 2.57 bits per heavy atom. The number of amides is 1. The van der Waals surface area contributed by atoms with E-state index in [0.29, 0.717) is 11.8 Å². The molecule has 0 fully saturated rings. The second-order valence-electron chi connectivity index (χ2n) is 5.81. The quantitative estimate of drug-likeness (QED) is 0.678. The minimum atomic E-state index is -4.67. The Kier molecular flexibility index (Phi) is 5.34. The summed E-state index contributed by atoms with van der Waals surface area (Å²) in [4.78, 5) is 15.6. The topological polar surface area (TPSA) is 88.2 Å². The summed E-state index contributed by atoms with van der Waals surface area (Å²) in [5.74, 6) is -0.668. The van der Waals surface area contributed by atoms with Crippen molar-refractivity contribution in [3.8, 4) is 0 Å². The molecule has 1 amide bonds. The Hall–Kier alpha value is -2.98. The van der Waals surface area contributed by atoms with Crippen LogP contribution in [0.25, 0.3) is 10.9 Å². The van der Waals surface area contributed by atoms with Gasteiger partial charge < -0.3 is 5.32 Å². The number of hydrogen-bond donors (Lipinski definition) is 2. The third-order valence-electron chi connectivity index (χ3n) is 3.78. The summed E-state index contributed by atoms with van der Waals surface area (Å²) in [6.07, 6.45) is -3.04. The van der Waals surface area contributed by atoms with Gasteiger partial charge in [0, 0.05) is 17.3 Å². The number of nitrogens with one attached hydrogen (secondary N) is 2. The molecule has 0 aliphatic heterocycles. The highest BCUT2D eigenvalue weighted by atomic mass is 32.2. The van der Waals surface area contributed by atoms with Gasteiger partial charge in [-0.1, -0.05) is 12.1 Å². The van der Waals surface area contributed by atoms with Gasteiger partial charge in [-0.05, 0) is 42.5 Å². The van der Waals surface area contributed by atoms with Gasteiger partial charge in [-0.15, -0.1) is 0 Å². The molecule has 0 spiro atoms.